The van der Waals surface area contributed by atoms with Crippen molar-refractivity contribution < 1.29 is 28.3 Å². The third-order valence-electron chi connectivity index (χ3n) is 7.56. The molecule has 2 aromatic rings. The molecule has 2 fully saturated rings. The molecule has 4 rings (SSSR count). The number of carbonyl (C=O) groups excluding carboxylic acids is 4. The Bertz CT molecular complexity index is 1310. The summed E-state index contributed by atoms with van der Waals surface area (Å²) in [5.74, 6) is -1.10. The summed E-state index contributed by atoms with van der Waals surface area (Å²) in [6.07, 6.45) is 4.10. The quantitative estimate of drug-likeness (QED) is 0.380. The number of benzene rings is 1. The Hall–Kier alpha value is -2.95. The van der Waals surface area contributed by atoms with E-state index < -0.39 is 51.0 Å². The summed E-state index contributed by atoms with van der Waals surface area (Å²) in [5.41, 5.74) is 1.03. The molecule has 1 saturated carbocycles. The first-order chi connectivity index (χ1) is 19.3. The summed E-state index contributed by atoms with van der Waals surface area (Å²) >= 11 is -2.76. The summed E-state index contributed by atoms with van der Waals surface area (Å²) in [7, 11) is 0. The molecule has 0 spiro atoms. The van der Waals surface area contributed by atoms with E-state index in [9.17, 15) is 23.6 Å². The number of aromatic nitrogens is 1. The average Bonchev–Trinajstić information content (AvgIpc) is 3.72. The number of amides is 3. The molecule has 41 heavy (non-hydrogen) atoms. The number of hydrogen-bond donors (Lipinski definition) is 2. The summed E-state index contributed by atoms with van der Waals surface area (Å²) in [4.78, 5) is 57.9. The van der Waals surface area contributed by atoms with Crippen molar-refractivity contribution in [3.63, 3.8) is 0 Å². The van der Waals surface area contributed by atoms with E-state index >= 15 is 0 Å². The minimum absolute atomic E-state index is 0.0862. The first-order valence-electron chi connectivity index (χ1n) is 14.2. The van der Waals surface area contributed by atoms with Crippen LogP contribution in [0.3, 0.4) is 0 Å². The molecule has 0 bridgehead atoms. The molecule has 1 aromatic heterocycles. The van der Waals surface area contributed by atoms with Gasteiger partial charge in [0.2, 0.25) is 0 Å². The van der Waals surface area contributed by atoms with Crippen molar-refractivity contribution in [2.75, 3.05) is 17.2 Å². The standard InChI is InChI=1S/C25H31FN4O4.C5H7O.In/c1-7-13-30(16(3)18-9-11-19(26)12-10-18)23(32)22(31)28-20-14-17(8-2)21(27-15-20)29-24(33)34-25(4,5)6;6-4-3-5-1-2-5;/h7,9-12,14-16H,3,8,13H2,1-2,4-6H3,(H,28,31)(H,27,29,33);5H,1-3H2;/t16-;;/m0../s1. The van der Waals surface area contributed by atoms with Crippen LogP contribution >= 0.6 is 0 Å². The van der Waals surface area contributed by atoms with Crippen LogP contribution in [-0.2, 0) is 25.5 Å². The van der Waals surface area contributed by atoms with Gasteiger partial charge in [0, 0.05) is 0 Å². The SMILES string of the molecule is CCc1cc(NC(=O)C(=O)N2C[C@H](C)[In]([C](=O)CC3CC3)[CH2][C@H]2c2ccc(F)cc2)cnc1NC(=O)OC(C)(C)C. The molecule has 2 aliphatic rings. The van der Waals surface area contributed by atoms with Crippen LogP contribution in [-0.4, -0.2) is 64.9 Å². The monoisotopic (exact) mass is 668 g/mol. The van der Waals surface area contributed by atoms with Gasteiger partial charge < -0.3 is 4.74 Å². The van der Waals surface area contributed by atoms with E-state index in [4.69, 9.17) is 4.74 Å². The minimum Gasteiger partial charge on any atom is -0.444 e. The minimum atomic E-state index is -2.76. The smallest absolute Gasteiger partial charge is 0.444 e. The fraction of sp³-hybridized carbons (Fsp3) is 0.500. The second-order valence-electron chi connectivity index (χ2n) is 12.1. The molecule has 1 aliphatic carbocycles. The second kappa shape index (κ2) is 12.9. The number of nitrogens with one attached hydrogen (secondary N) is 2. The number of rotatable bonds is 7. The molecule has 2 atom stereocenters. The third-order valence-corrected chi connectivity index (χ3v) is 17.8. The van der Waals surface area contributed by atoms with Crippen molar-refractivity contribution in [3.8, 4) is 0 Å². The van der Waals surface area contributed by atoms with Gasteiger partial charge in [-0.2, -0.15) is 0 Å². The van der Waals surface area contributed by atoms with Crippen molar-refractivity contribution in [2.45, 2.75) is 79.8 Å². The number of hydrogen-bond acceptors (Lipinski definition) is 6. The Morgan fingerprint density at radius 3 is 2.41 bits per heavy atom. The van der Waals surface area contributed by atoms with E-state index in [1.54, 1.807) is 39.0 Å². The normalized spacial score (nSPS) is 19.0. The van der Waals surface area contributed by atoms with Crippen LogP contribution in [0.15, 0.2) is 36.5 Å². The zero-order chi connectivity index (χ0) is 29.9. The zero-order valence-corrected chi connectivity index (χ0v) is 27.6. The van der Waals surface area contributed by atoms with Crippen LogP contribution < -0.4 is 10.6 Å². The number of pyridine rings is 1. The van der Waals surface area contributed by atoms with Crippen molar-refractivity contribution >= 4 is 54.4 Å². The van der Waals surface area contributed by atoms with E-state index in [0.29, 0.717) is 50.1 Å². The molecule has 0 unspecified atom stereocenters. The average molecular weight is 668 g/mol. The molecule has 11 heteroatoms. The fourth-order valence-corrected chi connectivity index (χ4v) is 15.2. The van der Waals surface area contributed by atoms with Gasteiger partial charge in [0.05, 0.1) is 0 Å². The number of aryl methyl sites for hydroxylation is 1. The first kappa shape index (κ1) is 31.0. The van der Waals surface area contributed by atoms with E-state index in [1.165, 1.54) is 23.2 Å². The van der Waals surface area contributed by atoms with Crippen molar-refractivity contribution in [1.29, 1.82) is 0 Å². The predicted octanol–water partition coefficient (Wildman–Crippen LogP) is 5.45. The topological polar surface area (TPSA) is 118 Å². The van der Waals surface area contributed by atoms with Gasteiger partial charge in [-0.1, -0.05) is 0 Å². The van der Waals surface area contributed by atoms with Crippen LogP contribution in [0.5, 0.6) is 0 Å². The van der Waals surface area contributed by atoms with Crippen molar-refractivity contribution in [1.82, 2.24) is 9.88 Å². The molecule has 218 valence electrons. The molecular weight excluding hydrogens is 630 g/mol. The van der Waals surface area contributed by atoms with Crippen molar-refractivity contribution in [2.24, 2.45) is 5.92 Å². The van der Waals surface area contributed by atoms with Crippen molar-refractivity contribution in [3.05, 3.63) is 53.5 Å². The summed E-state index contributed by atoms with van der Waals surface area (Å²) < 4.78 is 20.1. The molecule has 1 aliphatic heterocycles. The van der Waals surface area contributed by atoms with Gasteiger partial charge in [0.1, 0.15) is 5.60 Å². The number of halogens is 1. The Kier molecular flexibility index (Phi) is 9.77. The van der Waals surface area contributed by atoms with Gasteiger partial charge in [-0.15, -0.1) is 0 Å². The van der Waals surface area contributed by atoms with Gasteiger partial charge in [-0.05, 0) is 20.8 Å². The molecular formula is C30H38FInN4O5. The maximum absolute atomic E-state index is 13.7. The van der Waals surface area contributed by atoms with E-state index in [1.807, 2.05) is 13.8 Å². The van der Waals surface area contributed by atoms with E-state index in [-0.39, 0.29) is 9.49 Å². The first-order valence-corrected chi connectivity index (χ1v) is 20.1. The molecule has 0 radical (unpaired) electrons. The maximum atomic E-state index is 13.7. The Morgan fingerprint density at radius 2 is 1.80 bits per heavy atom. The van der Waals surface area contributed by atoms with Gasteiger partial charge in [0.25, 0.3) is 0 Å². The van der Waals surface area contributed by atoms with Gasteiger partial charge >= 0.3 is 213 Å². The zero-order valence-electron chi connectivity index (χ0n) is 24.3. The number of ether oxygens (including phenoxy) is 1. The molecule has 2 N–H and O–H groups in total. The Balaban J connectivity index is 1.50. The van der Waals surface area contributed by atoms with Gasteiger partial charge in [0.15, 0.2) is 0 Å². The van der Waals surface area contributed by atoms with Crippen LogP contribution in [0.4, 0.5) is 20.7 Å². The predicted molar refractivity (Wildman–Crippen MR) is 155 cm³/mol. The molecule has 9 nitrogen and oxygen atoms in total. The molecule has 1 aromatic carbocycles. The van der Waals surface area contributed by atoms with Crippen LogP contribution in [0.1, 0.15) is 71.0 Å². The molecule has 2 heterocycles. The van der Waals surface area contributed by atoms with Crippen LogP contribution in [0.2, 0.25) is 7.85 Å². The van der Waals surface area contributed by atoms with Crippen LogP contribution in [0.25, 0.3) is 0 Å². The van der Waals surface area contributed by atoms with E-state index in [0.717, 1.165) is 18.4 Å². The van der Waals surface area contributed by atoms with Gasteiger partial charge in [-0.25, -0.2) is 4.79 Å². The molecule has 1 saturated heterocycles. The fourth-order valence-electron chi connectivity index (χ4n) is 5.27. The summed E-state index contributed by atoms with van der Waals surface area (Å²) in [6.45, 7) is 9.51. The van der Waals surface area contributed by atoms with Gasteiger partial charge in [-0.3, -0.25) is 0 Å². The van der Waals surface area contributed by atoms with E-state index in [2.05, 4.69) is 15.6 Å². The summed E-state index contributed by atoms with van der Waals surface area (Å²) in [6, 6.07) is 7.17. The number of anilines is 2. The summed E-state index contributed by atoms with van der Waals surface area (Å²) in [5, 5.41) is 5.28. The molecule has 3 amide bonds. The Morgan fingerprint density at radius 1 is 1.12 bits per heavy atom. The third kappa shape index (κ3) is 8.30. The Labute approximate surface area is 248 Å². The number of nitrogens with zero attached hydrogens (tertiary/aromatic N) is 2. The number of carbonyl (C=O) groups is 4. The van der Waals surface area contributed by atoms with Crippen LogP contribution in [0, 0.1) is 11.7 Å². The second-order valence-corrected chi connectivity index (χ2v) is 22.0.